The van der Waals surface area contributed by atoms with Gasteiger partial charge in [-0.15, -0.1) is 0 Å². The van der Waals surface area contributed by atoms with E-state index in [4.69, 9.17) is 7.85 Å². The topological polar surface area (TPSA) is 37.4 Å². The maximum Gasteiger partial charge on any atom is 0.237 e. The van der Waals surface area contributed by atoms with Crippen LogP contribution in [-0.4, -0.2) is 19.7 Å². The Bertz CT molecular complexity index is 626. The molecule has 0 aromatic heterocycles. The Balaban J connectivity index is 2.24. The van der Waals surface area contributed by atoms with Gasteiger partial charge in [0.25, 0.3) is 0 Å². The number of imide groups is 1. The minimum atomic E-state index is -0.256. The molecule has 1 aromatic carbocycles. The highest BCUT2D eigenvalue weighted by atomic mass is 16.2. The summed E-state index contributed by atoms with van der Waals surface area (Å²) in [5, 5.41) is -0.256. The Morgan fingerprint density at radius 2 is 1.67 bits per heavy atom. The number of nitrogens with zero attached hydrogens (tertiary/aromatic N) is 1. The molecule has 1 aliphatic heterocycles. The van der Waals surface area contributed by atoms with E-state index < -0.39 is 0 Å². The van der Waals surface area contributed by atoms with Crippen molar-refractivity contribution in [3.05, 3.63) is 29.8 Å². The van der Waals surface area contributed by atoms with Crippen LogP contribution in [0.3, 0.4) is 0 Å². The van der Waals surface area contributed by atoms with Gasteiger partial charge in [-0.05, 0) is 35.4 Å². The van der Waals surface area contributed by atoms with Crippen LogP contribution >= 0.6 is 0 Å². The van der Waals surface area contributed by atoms with Gasteiger partial charge in [-0.3, -0.25) is 14.5 Å². The Hall–Kier alpha value is -1.58. The number of anilines is 1. The first-order chi connectivity index (χ1) is 10.9. The van der Waals surface area contributed by atoms with Crippen molar-refractivity contribution in [1.82, 2.24) is 0 Å². The number of benzene rings is 1. The quantitative estimate of drug-likeness (QED) is 0.599. The van der Waals surface area contributed by atoms with E-state index in [9.17, 15) is 9.59 Å². The van der Waals surface area contributed by atoms with E-state index in [1.807, 2.05) is 52.0 Å². The zero-order valence-electron chi connectivity index (χ0n) is 15.7. The van der Waals surface area contributed by atoms with E-state index in [0.29, 0.717) is 12.1 Å². The molecule has 0 spiro atoms. The van der Waals surface area contributed by atoms with Crippen LogP contribution in [0.2, 0.25) is 5.31 Å². The molecule has 1 unspecified atom stereocenters. The van der Waals surface area contributed by atoms with Gasteiger partial charge in [0.2, 0.25) is 11.8 Å². The molecule has 24 heavy (non-hydrogen) atoms. The third-order valence-corrected chi connectivity index (χ3v) is 4.79. The SMILES string of the molecule is [B]C(C)(C)CC(C)(C)c1ccc(N2C(=O)CC(C(C)C)C2=O)cc1. The fraction of sp³-hybridized carbons (Fsp3) is 0.600. The van der Waals surface area contributed by atoms with Crippen molar-refractivity contribution in [3.63, 3.8) is 0 Å². The molecule has 2 rings (SSSR count). The number of hydrogen-bond acceptors (Lipinski definition) is 2. The molecule has 1 saturated heterocycles. The summed E-state index contributed by atoms with van der Waals surface area (Å²) in [6, 6.07) is 7.76. The lowest BCUT2D eigenvalue weighted by molar-refractivity contribution is -0.122. The molecule has 1 fully saturated rings. The third-order valence-electron chi connectivity index (χ3n) is 4.79. The van der Waals surface area contributed by atoms with Gasteiger partial charge in [0.05, 0.1) is 19.5 Å². The highest BCUT2D eigenvalue weighted by Crippen LogP contribution is 2.39. The van der Waals surface area contributed by atoms with Crippen LogP contribution in [0, 0.1) is 11.8 Å². The zero-order chi connectivity index (χ0) is 18.3. The van der Waals surface area contributed by atoms with E-state index in [0.717, 1.165) is 12.0 Å². The molecule has 1 aromatic rings. The van der Waals surface area contributed by atoms with E-state index in [1.165, 1.54) is 4.90 Å². The average Bonchev–Trinajstić information content (AvgIpc) is 2.72. The minimum Gasteiger partial charge on any atom is -0.274 e. The Kier molecular flexibility index (Phi) is 4.99. The highest BCUT2D eigenvalue weighted by Gasteiger charge is 2.41. The normalized spacial score (nSPS) is 19.5. The highest BCUT2D eigenvalue weighted by molar-refractivity contribution is 6.21. The number of carbonyl (C=O) groups is 2. The summed E-state index contributed by atoms with van der Waals surface area (Å²) in [6.07, 6.45) is 1.15. The fourth-order valence-corrected chi connectivity index (χ4v) is 3.75. The van der Waals surface area contributed by atoms with Crippen LogP contribution in [0.5, 0.6) is 0 Å². The first kappa shape index (κ1) is 18.8. The van der Waals surface area contributed by atoms with Crippen molar-refractivity contribution in [1.29, 1.82) is 0 Å². The summed E-state index contributed by atoms with van der Waals surface area (Å²) < 4.78 is 0. The van der Waals surface area contributed by atoms with Crippen molar-refractivity contribution in [2.45, 2.75) is 65.1 Å². The van der Waals surface area contributed by atoms with E-state index >= 15 is 0 Å². The van der Waals surface area contributed by atoms with E-state index in [2.05, 4.69) is 13.8 Å². The van der Waals surface area contributed by atoms with E-state index in [-0.39, 0.29) is 34.4 Å². The number of hydrogen-bond donors (Lipinski definition) is 0. The van der Waals surface area contributed by atoms with Crippen LogP contribution in [0.15, 0.2) is 24.3 Å². The summed E-state index contributed by atoms with van der Waals surface area (Å²) in [5.41, 5.74) is 1.75. The molecule has 1 atom stereocenters. The molecular formula is C20H28BNO2. The molecule has 1 aliphatic rings. The zero-order valence-corrected chi connectivity index (χ0v) is 15.7. The molecule has 0 N–H and O–H groups in total. The van der Waals surface area contributed by atoms with Crippen LogP contribution in [0.25, 0.3) is 0 Å². The molecule has 0 saturated carbocycles. The molecule has 2 amide bonds. The molecule has 1 heterocycles. The van der Waals surface area contributed by atoms with Gasteiger partial charge in [-0.1, -0.05) is 59.0 Å². The van der Waals surface area contributed by atoms with Crippen LogP contribution in [0.1, 0.15) is 59.9 Å². The number of carbonyl (C=O) groups excluding carboxylic acids is 2. The molecule has 2 radical (unpaired) electrons. The first-order valence-corrected chi connectivity index (χ1v) is 8.68. The Morgan fingerprint density at radius 3 is 2.08 bits per heavy atom. The van der Waals surface area contributed by atoms with Gasteiger partial charge in [0.1, 0.15) is 0 Å². The lowest BCUT2D eigenvalue weighted by Gasteiger charge is -2.33. The maximum atomic E-state index is 12.5. The largest absolute Gasteiger partial charge is 0.274 e. The maximum absolute atomic E-state index is 12.5. The van der Waals surface area contributed by atoms with Crippen molar-refractivity contribution in [2.75, 3.05) is 4.90 Å². The second-order valence-electron chi connectivity index (χ2n) is 8.72. The van der Waals surface area contributed by atoms with E-state index in [1.54, 1.807) is 0 Å². The van der Waals surface area contributed by atoms with Gasteiger partial charge >= 0.3 is 0 Å². The fourth-order valence-electron chi connectivity index (χ4n) is 3.75. The predicted octanol–water partition coefficient (Wildman–Crippen LogP) is 4.26. The van der Waals surface area contributed by atoms with Crippen LogP contribution in [-0.2, 0) is 15.0 Å². The second kappa shape index (κ2) is 6.38. The lowest BCUT2D eigenvalue weighted by atomic mass is 9.62. The van der Waals surface area contributed by atoms with Gasteiger partial charge in [0.15, 0.2) is 0 Å². The predicted molar refractivity (Wildman–Crippen MR) is 99.3 cm³/mol. The minimum absolute atomic E-state index is 0.0731. The standard InChI is InChI=1S/C20H28BNO2/c1-13(2)16-11-17(23)22(18(16)24)15-9-7-14(8-10-15)19(3,4)12-20(5,6)21/h7-10,13,16H,11-12H2,1-6H3. The second-order valence-corrected chi connectivity index (χ2v) is 8.72. The molecular weight excluding hydrogens is 297 g/mol. The van der Waals surface area contributed by atoms with Gasteiger partial charge in [0, 0.05) is 6.42 Å². The van der Waals surface area contributed by atoms with Crippen molar-refractivity contribution >= 4 is 25.3 Å². The lowest BCUT2D eigenvalue weighted by Crippen LogP contribution is -2.31. The Labute approximate surface area is 147 Å². The van der Waals surface area contributed by atoms with Gasteiger partial charge in [-0.2, -0.15) is 0 Å². The first-order valence-electron chi connectivity index (χ1n) is 8.68. The molecule has 4 heteroatoms. The summed E-state index contributed by atoms with van der Waals surface area (Å²) >= 11 is 0. The van der Waals surface area contributed by atoms with Crippen LogP contribution in [0.4, 0.5) is 5.69 Å². The smallest absolute Gasteiger partial charge is 0.237 e. The van der Waals surface area contributed by atoms with Crippen molar-refractivity contribution in [3.8, 4) is 0 Å². The molecule has 0 bridgehead atoms. The van der Waals surface area contributed by atoms with Crippen molar-refractivity contribution in [2.24, 2.45) is 11.8 Å². The average molecular weight is 325 g/mol. The number of amides is 2. The molecule has 3 nitrogen and oxygen atoms in total. The van der Waals surface area contributed by atoms with Gasteiger partial charge in [-0.25, -0.2) is 0 Å². The number of rotatable bonds is 5. The molecule has 128 valence electrons. The summed E-state index contributed by atoms with van der Waals surface area (Å²) in [6.45, 7) is 12.3. The monoisotopic (exact) mass is 325 g/mol. The Morgan fingerprint density at radius 1 is 1.12 bits per heavy atom. The van der Waals surface area contributed by atoms with Crippen molar-refractivity contribution < 1.29 is 9.59 Å². The summed E-state index contributed by atoms with van der Waals surface area (Å²) in [5.74, 6) is -0.206. The van der Waals surface area contributed by atoms with Gasteiger partial charge < -0.3 is 0 Å². The third kappa shape index (κ3) is 3.91. The molecule has 0 aliphatic carbocycles. The summed E-state index contributed by atoms with van der Waals surface area (Å²) in [4.78, 5) is 26.1. The van der Waals surface area contributed by atoms with Crippen LogP contribution < -0.4 is 4.90 Å². The summed E-state index contributed by atoms with van der Waals surface area (Å²) in [7, 11) is 6.17.